The minimum atomic E-state index is -0.607. The molecule has 1 saturated carbocycles. The van der Waals surface area contributed by atoms with E-state index in [0.717, 1.165) is 18.4 Å². The topological polar surface area (TPSA) is 69.7 Å². The highest BCUT2D eigenvalue weighted by Crippen LogP contribution is 2.47. The number of piperidine rings is 1. The molecule has 0 spiro atoms. The van der Waals surface area contributed by atoms with Crippen molar-refractivity contribution in [2.45, 2.75) is 38.5 Å². The highest BCUT2D eigenvalue weighted by atomic mass is 35.5. The van der Waals surface area contributed by atoms with Crippen molar-refractivity contribution in [2.75, 3.05) is 32.7 Å². The molecule has 2 atom stereocenters. The van der Waals surface area contributed by atoms with Crippen molar-refractivity contribution in [3.05, 3.63) is 33.8 Å². The zero-order valence-electron chi connectivity index (χ0n) is 18.1. The van der Waals surface area contributed by atoms with Gasteiger partial charge in [0.25, 0.3) is 0 Å². The molecule has 1 aromatic carbocycles. The standard InChI is InChI=1S/C23H28Cl3N3O3/c1-23(6-7-23)21(31)28-8-4-14(5-9-28)20(30)29-12-16(11-27-22(26)32)17(13-29)15-2-3-18(24)19(25)10-15/h2-3,10,14,16-17H,4-9,11-13H2,1H3,(H,27,32)/t16-,17-/m1/s1. The van der Waals surface area contributed by atoms with Crippen molar-refractivity contribution >= 4 is 52.0 Å². The number of carbonyl (C=O) groups is 3. The van der Waals surface area contributed by atoms with Gasteiger partial charge < -0.3 is 15.1 Å². The third-order valence-corrected chi connectivity index (χ3v) is 8.15. The Hall–Kier alpha value is -1.50. The second-order valence-corrected chi connectivity index (χ2v) is 10.7. The first-order valence-electron chi connectivity index (χ1n) is 11.1. The average molecular weight is 501 g/mol. The van der Waals surface area contributed by atoms with Gasteiger partial charge in [0.2, 0.25) is 11.8 Å². The molecule has 0 unspecified atom stereocenters. The largest absolute Gasteiger partial charge is 0.342 e. The summed E-state index contributed by atoms with van der Waals surface area (Å²) in [6.45, 7) is 4.78. The third kappa shape index (κ3) is 5.02. The fourth-order valence-corrected chi connectivity index (χ4v) is 5.34. The minimum Gasteiger partial charge on any atom is -0.342 e. The highest BCUT2D eigenvalue weighted by Gasteiger charge is 2.48. The van der Waals surface area contributed by atoms with Crippen LogP contribution in [0.5, 0.6) is 0 Å². The molecule has 3 amide bonds. The van der Waals surface area contributed by atoms with Gasteiger partial charge in [-0.3, -0.25) is 14.4 Å². The van der Waals surface area contributed by atoms with E-state index in [2.05, 4.69) is 5.32 Å². The summed E-state index contributed by atoms with van der Waals surface area (Å²) in [5, 5.41) is 3.02. The second kappa shape index (κ2) is 9.40. The summed E-state index contributed by atoms with van der Waals surface area (Å²) in [7, 11) is 0. The van der Waals surface area contributed by atoms with E-state index < -0.39 is 5.37 Å². The van der Waals surface area contributed by atoms with E-state index in [0.29, 0.717) is 55.6 Å². The lowest BCUT2D eigenvalue weighted by Crippen LogP contribution is -2.46. The number of hydrogen-bond donors (Lipinski definition) is 1. The monoisotopic (exact) mass is 499 g/mol. The molecule has 6 nitrogen and oxygen atoms in total. The Labute approximate surface area is 203 Å². The summed E-state index contributed by atoms with van der Waals surface area (Å²) >= 11 is 17.8. The zero-order chi connectivity index (χ0) is 23.0. The van der Waals surface area contributed by atoms with Crippen molar-refractivity contribution in [2.24, 2.45) is 17.3 Å². The molecule has 3 fully saturated rings. The molecule has 1 aliphatic carbocycles. The quantitative estimate of drug-likeness (QED) is 0.477. The molecule has 4 rings (SSSR count). The minimum absolute atomic E-state index is 0.0220. The van der Waals surface area contributed by atoms with Crippen LogP contribution in [0.25, 0.3) is 0 Å². The highest BCUT2D eigenvalue weighted by molar-refractivity contribution is 6.62. The van der Waals surface area contributed by atoms with Gasteiger partial charge in [-0.2, -0.15) is 0 Å². The Morgan fingerprint density at radius 3 is 2.34 bits per heavy atom. The first-order chi connectivity index (χ1) is 15.2. The van der Waals surface area contributed by atoms with Crippen LogP contribution in [-0.4, -0.2) is 59.7 Å². The fourth-order valence-electron chi connectivity index (χ4n) is 4.96. The average Bonchev–Trinajstić information content (AvgIpc) is 3.38. The van der Waals surface area contributed by atoms with Gasteiger partial charge in [0.1, 0.15) is 0 Å². The number of nitrogens with zero attached hydrogens (tertiary/aromatic N) is 2. The van der Waals surface area contributed by atoms with Crippen molar-refractivity contribution in [1.29, 1.82) is 0 Å². The van der Waals surface area contributed by atoms with Crippen LogP contribution in [0.4, 0.5) is 4.79 Å². The number of amides is 3. The molecular weight excluding hydrogens is 473 g/mol. The molecule has 0 bridgehead atoms. The van der Waals surface area contributed by atoms with E-state index in [1.807, 2.05) is 28.9 Å². The van der Waals surface area contributed by atoms with Gasteiger partial charge in [-0.15, -0.1) is 0 Å². The Balaban J connectivity index is 1.41. The zero-order valence-corrected chi connectivity index (χ0v) is 20.3. The third-order valence-electron chi connectivity index (χ3n) is 7.28. The Morgan fingerprint density at radius 1 is 1.06 bits per heavy atom. The first kappa shape index (κ1) is 23.7. The van der Waals surface area contributed by atoms with Crippen LogP contribution < -0.4 is 5.32 Å². The number of rotatable bonds is 5. The Kier molecular flexibility index (Phi) is 6.94. The van der Waals surface area contributed by atoms with Crippen molar-refractivity contribution in [3.8, 4) is 0 Å². The van der Waals surface area contributed by atoms with Gasteiger partial charge in [0, 0.05) is 55.9 Å². The van der Waals surface area contributed by atoms with Crippen molar-refractivity contribution in [3.63, 3.8) is 0 Å². The van der Waals surface area contributed by atoms with Gasteiger partial charge in [0.05, 0.1) is 10.0 Å². The van der Waals surface area contributed by atoms with Gasteiger partial charge >= 0.3 is 5.37 Å². The Morgan fingerprint density at radius 2 is 1.75 bits per heavy atom. The molecule has 0 radical (unpaired) electrons. The summed E-state index contributed by atoms with van der Waals surface area (Å²) in [4.78, 5) is 41.0. The van der Waals surface area contributed by atoms with E-state index >= 15 is 0 Å². The molecule has 0 aromatic heterocycles. The maximum atomic E-state index is 13.3. The molecule has 9 heteroatoms. The molecule has 1 N–H and O–H groups in total. The van der Waals surface area contributed by atoms with E-state index in [1.54, 1.807) is 6.07 Å². The molecule has 2 heterocycles. The summed E-state index contributed by atoms with van der Waals surface area (Å²) in [5.74, 6) is 0.326. The molecule has 2 aliphatic heterocycles. The number of benzene rings is 1. The maximum Gasteiger partial charge on any atom is 0.313 e. The van der Waals surface area contributed by atoms with Gasteiger partial charge in [-0.25, -0.2) is 0 Å². The number of hydrogen-bond acceptors (Lipinski definition) is 3. The lowest BCUT2D eigenvalue weighted by atomic mass is 9.89. The molecule has 2 saturated heterocycles. The normalized spacial score (nSPS) is 25.0. The second-order valence-electron chi connectivity index (χ2n) is 9.57. The van der Waals surface area contributed by atoms with Gasteiger partial charge in [-0.05, 0) is 55.0 Å². The SMILES string of the molecule is CC1(C(=O)N2CCC(C(=O)N3C[C@@H](CNC(=O)Cl)[C@@H](c4ccc(Cl)c(Cl)c4)C3)CC2)CC1. The van der Waals surface area contributed by atoms with E-state index in [1.165, 1.54) is 0 Å². The molecular formula is C23H28Cl3N3O3. The van der Waals surface area contributed by atoms with Crippen LogP contribution in [0.15, 0.2) is 18.2 Å². The predicted octanol–water partition coefficient (Wildman–Crippen LogP) is 4.52. The lowest BCUT2D eigenvalue weighted by Gasteiger charge is -2.34. The summed E-state index contributed by atoms with van der Waals surface area (Å²) in [6, 6.07) is 5.51. The lowest BCUT2D eigenvalue weighted by molar-refractivity contribution is -0.142. The van der Waals surface area contributed by atoms with Crippen LogP contribution in [0.1, 0.15) is 44.1 Å². The predicted molar refractivity (Wildman–Crippen MR) is 125 cm³/mol. The van der Waals surface area contributed by atoms with Crippen LogP contribution in [0.3, 0.4) is 0 Å². The molecule has 1 aromatic rings. The van der Waals surface area contributed by atoms with Crippen LogP contribution in [0, 0.1) is 17.3 Å². The Bertz CT molecular complexity index is 913. The van der Waals surface area contributed by atoms with Crippen LogP contribution in [-0.2, 0) is 9.59 Å². The number of carbonyl (C=O) groups excluding carboxylic acids is 3. The summed E-state index contributed by atoms with van der Waals surface area (Å²) < 4.78 is 0. The van der Waals surface area contributed by atoms with Gasteiger partial charge in [-0.1, -0.05) is 36.2 Å². The molecule has 3 aliphatic rings. The van der Waals surface area contributed by atoms with E-state index in [9.17, 15) is 14.4 Å². The summed E-state index contributed by atoms with van der Waals surface area (Å²) in [6.07, 6.45) is 3.32. The smallest absolute Gasteiger partial charge is 0.313 e. The van der Waals surface area contributed by atoms with Crippen LogP contribution in [0.2, 0.25) is 10.0 Å². The first-order valence-corrected chi connectivity index (χ1v) is 12.3. The fraction of sp³-hybridized carbons (Fsp3) is 0.609. The van der Waals surface area contributed by atoms with E-state index in [4.69, 9.17) is 34.8 Å². The maximum absolute atomic E-state index is 13.3. The molecule has 32 heavy (non-hydrogen) atoms. The van der Waals surface area contributed by atoms with E-state index in [-0.39, 0.29) is 35.0 Å². The number of halogens is 3. The molecule has 174 valence electrons. The number of nitrogens with one attached hydrogen (secondary N) is 1. The van der Waals surface area contributed by atoms with Crippen LogP contribution >= 0.6 is 34.8 Å². The number of likely N-dealkylation sites (tertiary alicyclic amines) is 2. The summed E-state index contributed by atoms with van der Waals surface area (Å²) in [5.41, 5.74) is 0.820. The van der Waals surface area contributed by atoms with Crippen molar-refractivity contribution in [1.82, 2.24) is 15.1 Å². The van der Waals surface area contributed by atoms with Crippen molar-refractivity contribution < 1.29 is 14.4 Å². The van der Waals surface area contributed by atoms with Gasteiger partial charge in [0.15, 0.2) is 0 Å².